The third kappa shape index (κ3) is 11.7. The van der Waals surface area contributed by atoms with Gasteiger partial charge < -0.3 is 10.2 Å². The number of rotatable bonds is 11. The van der Waals surface area contributed by atoms with Crippen molar-refractivity contribution in [3.63, 3.8) is 0 Å². The molecule has 1 atom stereocenters. The van der Waals surface area contributed by atoms with E-state index in [-0.39, 0.29) is 5.70 Å². The minimum Gasteiger partial charge on any atom is -0.358 e. The lowest BCUT2D eigenvalue weighted by Crippen LogP contribution is -2.36. The number of nitrogens with one attached hydrogen (secondary N) is 2. The molecule has 0 aliphatic rings. The second-order valence-corrected chi connectivity index (χ2v) is 8.18. The van der Waals surface area contributed by atoms with E-state index in [1.54, 1.807) is 12.1 Å². The van der Waals surface area contributed by atoms with Gasteiger partial charge in [-0.3, -0.25) is 19.4 Å². The highest BCUT2D eigenvalue weighted by atomic mass is 35.5. The highest BCUT2D eigenvalue weighted by molar-refractivity contribution is 7.84. The Bertz CT molecular complexity index is 802. The fraction of sp³-hybridized carbons (Fsp3) is 0.471. The number of alkyl halides is 6. The smallest absolute Gasteiger partial charge is 0.358 e. The second-order valence-electron chi connectivity index (χ2n) is 6.10. The number of aromatic nitrogens is 1. The van der Waals surface area contributed by atoms with Gasteiger partial charge in [0.2, 0.25) is 5.91 Å². The maximum atomic E-state index is 12.7. The van der Waals surface area contributed by atoms with Crippen LogP contribution in [0, 0.1) is 5.41 Å². The van der Waals surface area contributed by atoms with E-state index in [9.17, 15) is 35.3 Å². The number of hydrogen-bond donors (Lipinski definition) is 2. The summed E-state index contributed by atoms with van der Waals surface area (Å²) in [4.78, 5) is 16.9. The van der Waals surface area contributed by atoms with Gasteiger partial charge in [0, 0.05) is 47.7 Å². The van der Waals surface area contributed by atoms with Crippen LogP contribution in [0.3, 0.4) is 0 Å². The van der Waals surface area contributed by atoms with Crippen LogP contribution in [0.2, 0.25) is 0 Å². The van der Waals surface area contributed by atoms with Gasteiger partial charge in [0.05, 0.1) is 30.4 Å². The molecule has 1 aromatic heterocycles. The molecule has 0 saturated carbocycles. The van der Waals surface area contributed by atoms with E-state index in [0.717, 1.165) is 6.20 Å². The molecule has 2 N–H and O–H groups in total. The fourth-order valence-corrected chi connectivity index (χ4v) is 3.37. The Balaban J connectivity index is 2.95. The van der Waals surface area contributed by atoms with Crippen molar-refractivity contribution in [2.24, 2.45) is 0 Å². The second kappa shape index (κ2) is 12.0. The van der Waals surface area contributed by atoms with Crippen LogP contribution in [-0.2, 0) is 15.6 Å². The molecule has 174 valence electrons. The van der Waals surface area contributed by atoms with E-state index in [4.69, 9.17) is 17.0 Å². The number of hydrogen-bond acceptors (Lipinski definition) is 5. The maximum Gasteiger partial charge on any atom is 0.390 e. The van der Waals surface area contributed by atoms with Crippen molar-refractivity contribution in [3.8, 4) is 0 Å². The molecule has 0 aliphatic heterocycles. The average molecular weight is 493 g/mol. The Kier molecular flexibility index (Phi) is 10.4. The largest absolute Gasteiger partial charge is 0.390 e. The first-order chi connectivity index (χ1) is 14.3. The molecule has 1 aromatic rings. The Morgan fingerprint density at radius 3 is 2.35 bits per heavy atom. The van der Waals surface area contributed by atoms with Crippen LogP contribution in [0.25, 0.3) is 0 Å². The lowest BCUT2D eigenvalue weighted by atomic mass is 10.3. The topological polar surface area (TPSA) is 86.2 Å². The molecule has 0 saturated heterocycles. The molecule has 0 aliphatic carbocycles. The van der Waals surface area contributed by atoms with Crippen molar-refractivity contribution in [3.05, 3.63) is 36.4 Å². The highest BCUT2D eigenvalue weighted by Crippen LogP contribution is 2.23. The average Bonchev–Trinajstić information content (AvgIpc) is 2.66. The van der Waals surface area contributed by atoms with E-state index < -0.39 is 71.5 Å². The van der Waals surface area contributed by atoms with Crippen molar-refractivity contribution in [1.82, 2.24) is 9.88 Å². The molecule has 1 amide bonds. The summed E-state index contributed by atoms with van der Waals surface area (Å²) in [5, 5.41) is 9.51. The molecule has 0 radical (unpaired) electrons. The van der Waals surface area contributed by atoms with Crippen LogP contribution in [0.1, 0.15) is 19.3 Å². The summed E-state index contributed by atoms with van der Waals surface area (Å²) in [5.41, 5.74) is 0.00948. The molecule has 0 bridgehead atoms. The number of anilines is 1. The van der Waals surface area contributed by atoms with Crippen LogP contribution in [0.4, 0.5) is 32.0 Å². The van der Waals surface area contributed by atoms with E-state index in [1.807, 2.05) is 0 Å². The number of halogens is 7. The molecule has 1 rings (SSSR count). The zero-order chi connectivity index (χ0) is 23.7. The van der Waals surface area contributed by atoms with Crippen molar-refractivity contribution >= 4 is 39.2 Å². The van der Waals surface area contributed by atoms with Crippen LogP contribution in [-0.4, -0.2) is 55.6 Å². The van der Waals surface area contributed by atoms with Crippen molar-refractivity contribution in [2.45, 2.75) is 31.6 Å². The minimum absolute atomic E-state index is 0.388. The van der Waals surface area contributed by atoms with Gasteiger partial charge >= 0.3 is 12.4 Å². The predicted octanol–water partition coefficient (Wildman–Crippen LogP) is 4.42. The number of pyridine rings is 1. The summed E-state index contributed by atoms with van der Waals surface area (Å²) >= 11 is 5.66. The number of carbonyl (C=O) groups excluding carboxylic acids is 1. The van der Waals surface area contributed by atoms with Gasteiger partial charge in [-0.1, -0.05) is 11.6 Å². The summed E-state index contributed by atoms with van der Waals surface area (Å²) in [7, 11) is -2.00. The monoisotopic (exact) mass is 492 g/mol. The number of carbonyl (C=O) groups is 1. The van der Waals surface area contributed by atoms with Crippen LogP contribution in [0.5, 0.6) is 0 Å². The first-order valence-corrected chi connectivity index (χ1v) is 10.5. The lowest BCUT2D eigenvalue weighted by Gasteiger charge is -2.25. The Morgan fingerprint density at radius 2 is 1.84 bits per heavy atom. The van der Waals surface area contributed by atoms with E-state index >= 15 is 0 Å². The molecule has 31 heavy (non-hydrogen) atoms. The van der Waals surface area contributed by atoms with Crippen molar-refractivity contribution in [1.29, 1.82) is 5.41 Å². The lowest BCUT2D eigenvalue weighted by molar-refractivity contribution is -0.143. The standard InChI is InChI=1S/C17H19ClF6N4O2S/c18-15(25)13(11-27-12-2-1-6-26-10-12)28(7-4-16(19,20)21)14(29)3-8-31(30)9-5-17(22,23)24/h1-2,6,10-11,25,27H,3-5,7-9H2/b13-11+,25-15?. The van der Waals surface area contributed by atoms with Gasteiger partial charge in [-0.05, 0) is 12.1 Å². The molecule has 0 aromatic carbocycles. The Hall–Kier alpha value is -2.15. The molecule has 0 fully saturated rings. The van der Waals surface area contributed by atoms with Gasteiger partial charge in [-0.25, -0.2) is 0 Å². The van der Waals surface area contributed by atoms with E-state index in [1.165, 1.54) is 12.4 Å². The van der Waals surface area contributed by atoms with Gasteiger partial charge in [0.25, 0.3) is 0 Å². The summed E-state index contributed by atoms with van der Waals surface area (Å²) in [6.45, 7) is -0.882. The zero-order valence-corrected chi connectivity index (χ0v) is 17.5. The molecule has 0 spiro atoms. The molecular formula is C17H19ClF6N4O2S. The summed E-state index contributed by atoms with van der Waals surface area (Å²) in [5.74, 6) is -2.17. The first kappa shape index (κ1) is 26.9. The van der Waals surface area contributed by atoms with Crippen LogP contribution in [0.15, 0.2) is 36.4 Å². The molecule has 1 heterocycles. The summed E-state index contributed by atoms with van der Waals surface area (Å²) in [6, 6.07) is 3.12. The normalized spacial score (nSPS) is 13.6. The first-order valence-electron chi connectivity index (χ1n) is 8.68. The third-order valence-corrected chi connectivity index (χ3v) is 5.14. The van der Waals surface area contributed by atoms with E-state index in [2.05, 4.69) is 10.3 Å². The fourth-order valence-electron chi connectivity index (χ4n) is 2.15. The number of nitrogens with zero attached hydrogens (tertiary/aromatic N) is 2. The predicted molar refractivity (Wildman–Crippen MR) is 105 cm³/mol. The molecular weight excluding hydrogens is 474 g/mol. The van der Waals surface area contributed by atoms with Crippen molar-refractivity contribution < 1.29 is 35.3 Å². The third-order valence-electron chi connectivity index (χ3n) is 3.63. The molecule has 14 heteroatoms. The van der Waals surface area contributed by atoms with Crippen molar-refractivity contribution in [2.75, 3.05) is 23.4 Å². The molecule has 1 unspecified atom stereocenters. The van der Waals surface area contributed by atoms with E-state index in [0.29, 0.717) is 10.6 Å². The highest BCUT2D eigenvalue weighted by Gasteiger charge is 2.31. The SMILES string of the molecule is N=C(Cl)/C(=C\Nc1cccnc1)N(CCC(F)(F)F)C(=O)CCS(=O)CCC(F)(F)F. The minimum atomic E-state index is -4.62. The maximum absolute atomic E-state index is 12.7. The van der Waals surface area contributed by atoms with Crippen LogP contribution >= 0.6 is 11.6 Å². The van der Waals surface area contributed by atoms with Gasteiger partial charge in [0.1, 0.15) is 5.17 Å². The van der Waals surface area contributed by atoms with Gasteiger partial charge in [-0.15, -0.1) is 0 Å². The van der Waals surface area contributed by atoms with Crippen LogP contribution < -0.4 is 5.32 Å². The number of amides is 1. The number of allylic oxidation sites excluding steroid dienone is 1. The summed E-state index contributed by atoms with van der Waals surface area (Å²) in [6.07, 6.45) is -8.56. The Labute approximate surface area is 181 Å². The zero-order valence-electron chi connectivity index (χ0n) is 15.9. The quantitative estimate of drug-likeness (QED) is 0.353. The van der Waals surface area contributed by atoms with Gasteiger partial charge in [-0.2, -0.15) is 26.3 Å². The molecule has 6 nitrogen and oxygen atoms in total. The van der Waals surface area contributed by atoms with Gasteiger partial charge in [0.15, 0.2) is 0 Å². The Morgan fingerprint density at radius 1 is 1.19 bits per heavy atom. The summed E-state index contributed by atoms with van der Waals surface area (Å²) < 4.78 is 86.4.